The molecule has 9 heteroatoms. The molecule has 1 aliphatic rings. The van der Waals surface area contributed by atoms with E-state index in [0.717, 1.165) is 39.3 Å². The van der Waals surface area contributed by atoms with E-state index in [0.29, 0.717) is 6.54 Å². The van der Waals surface area contributed by atoms with Gasteiger partial charge in [0.15, 0.2) is 0 Å². The highest BCUT2D eigenvalue weighted by atomic mass is 32.2. The van der Waals surface area contributed by atoms with Crippen LogP contribution in [-0.2, 0) is 16.6 Å². The summed E-state index contributed by atoms with van der Waals surface area (Å²) in [6, 6.07) is 21.6. The lowest BCUT2D eigenvalue weighted by Crippen LogP contribution is -2.48. The summed E-state index contributed by atoms with van der Waals surface area (Å²) < 4.78 is 41.4. The standard InChI is InChI=1S/C26H29FN4O3S/c27-24-11-4-5-12-25(24)29-35(33,34)23-10-6-9-22(19-23)26(32)28-13-14-30-15-17-31(18-16-30)20-21-7-2-1-3-8-21/h1-12,19,29H,13-18,20H2,(H,28,32). The second-order valence-corrected chi connectivity index (χ2v) is 10.2. The normalized spacial score (nSPS) is 15.0. The van der Waals surface area contributed by atoms with Gasteiger partial charge in [-0.3, -0.25) is 19.3 Å². The van der Waals surface area contributed by atoms with Gasteiger partial charge in [-0.1, -0.05) is 48.5 Å². The summed E-state index contributed by atoms with van der Waals surface area (Å²) in [5, 5.41) is 2.87. The number of rotatable bonds is 9. The van der Waals surface area contributed by atoms with E-state index >= 15 is 0 Å². The third-order valence-corrected chi connectivity index (χ3v) is 7.32. The van der Waals surface area contributed by atoms with E-state index < -0.39 is 15.8 Å². The van der Waals surface area contributed by atoms with Crippen LogP contribution in [0.1, 0.15) is 15.9 Å². The van der Waals surface area contributed by atoms with Crippen molar-refractivity contribution in [3.05, 3.63) is 95.8 Å². The number of hydrogen-bond acceptors (Lipinski definition) is 5. The molecule has 1 fully saturated rings. The Labute approximate surface area is 205 Å². The van der Waals surface area contributed by atoms with Crippen molar-refractivity contribution in [2.45, 2.75) is 11.4 Å². The minimum Gasteiger partial charge on any atom is -0.351 e. The highest BCUT2D eigenvalue weighted by Gasteiger charge is 2.19. The zero-order valence-corrected chi connectivity index (χ0v) is 20.2. The maximum absolute atomic E-state index is 13.9. The third kappa shape index (κ3) is 6.88. The van der Waals surface area contributed by atoms with Crippen molar-refractivity contribution in [3.8, 4) is 0 Å². The number of amides is 1. The maximum Gasteiger partial charge on any atom is 0.262 e. The van der Waals surface area contributed by atoms with Crippen LogP contribution in [0.5, 0.6) is 0 Å². The molecule has 2 N–H and O–H groups in total. The summed E-state index contributed by atoms with van der Waals surface area (Å²) >= 11 is 0. The van der Waals surface area contributed by atoms with Gasteiger partial charge in [0.1, 0.15) is 5.82 Å². The molecule has 1 amide bonds. The molecule has 3 aromatic rings. The van der Waals surface area contributed by atoms with Crippen LogP contribution in [0.4, 0.5) is 10.1 Å². The molecule has 0 aromatic heterocycles. The van der Waals surface area contributed by atoms with Gasteiger partial charge in [-0.25, -0.2) is 12.8 Å². The van der Waals surface area contributed by atoms with Crippen molar-refractivity contribution < 1.29 is 17.6 Å². The van der Waals surface area contributed by atoms with Gasteiger partial charge in [-0.15, -0.1) is 0 Å². The smallest absolute Gasteiger partial charge is 0.262 e. The molecular formula is C26H29FN4O3S. The Balaban J connectivity index is 1.25. The number of nitrogens with one attached hydrogen (secondary N) is 2. The molecule has 0 bridgehead atoms. The Kier molecular flexibility index (Phi) is 8.12. The van der Waals surface area contributed by atoms with Gasteiger partial charge in [0.05, 0.1) is 10.6 Å². The molecule has 3 aromatic carbocycles. The van der Waals surface area contributed by atoms with E-state index in [1.807, 2.05) is 6.07 Å². The predicted octanol–water partition coefficient (Wildman–Crippen LogP) is 3.17. The van der Waals surface area contributed by atoms with Crippen LogP contribution in [0.3, 0.4) is 0 Å². The second kappa shape index (κ2) is 11.4. The Morgan fingerprint density at radius 3 is 2.29 bits per heavy atom. The number of hydrogen-bond donors (Lipinski definition) is 2. The topological polar surface area (TPSA) is 81.8 Å². The zero-order chi connectivity index (χ0) is 24.7. The van der Waals surface area contributed by atoms with Crippen LogP contribution in [0, 0.1) is 5.82 Å². The highest BCUT2D eigenvalue weighted by molar-refractivity contribution is 7.92. The van der Waals surface area contributed by atoms with Gasteiger partial charge in [0, 0.05) is 51.4 Å². The number of carbonyl (C=O) groups excluding carboxylic acids is 1. The molecule has 0 spiro atoms. The SMILES string of the molecule is O=C(NCCN1CCN(Cc2ccccc2)CC1)c1cccc(S(=O)(=O)Nc2ccccc2F)c1. The molecule has 0 saturated carbocycles. The van der Waals surface area contributed by atoms with E-state index in [1.54, 1.807) is 6.07 Å². The number of halogens is 1. The van der Waals surface area contributed by atoms with Gasteiger partial charge in [0.25, 0.3) is 15.9 Å². The molecule has 1 aliphatic heterocycles. The third-order valence-electron chi connectivity index (χ3n) is 5.95. The number of nitrogens with zero attached hydrogens (tertiary/aromatic N) is 2. The first-order valence-electron chi connectivity index (χ1n) is 11.5. The molecule has 0 atom stereocenters. The lowest BCUT2D eigenvalue weighted by Gasteiger charge is -2.34. The van der Waals surface area contributed by atoms with Gasteiger partial charge in [-0.05, 0) is 35.9 Å². The van der Waals surface area contributed by atoms with E-state index in [-0.39, 0.29) is 22.1 Å². The van der Waals surface area contributed by atoms with Crippen LogP contribution < -0.4 is 10.0 Å². The largest absolute Gasteiger partial charge is 0.351 e. The number of benzene rings is 3. The molecule has 4 rings (SSSR count). The predicted molar refractivity (Wildman–Crippen MR) is 134 cm³/mol. The van der Waals surface area contributed by atoms with Gasteiger partial charge in [-0.2, -0.15) is 0 Å². The lowest BCUT2D eigenvalue weighted by atomic mass is 10.2. The lowest BCUT2D eigenvalue weighted by molar-refractivity contribution is 0.0934. The fourth-order valence-electron chi connectivity index (χ4n) is 3.99. The van der Waals surface area contributed by atoms with E-state index in [2.05, 4.69) is 44.1 Å². The number of sulfonamides is 1. The second-order valence-electron chi connectivity index (χ2n) is 8.47. The molecule has 35 heavy (non-hydrogen) atoms. The fourth-order valence-corrected chi connectivity index (χ4v) is 5.11. The first kappa shape index (κ1) is 24.8. The quantitative estimate of drug-likeness (QED) is 0.476. The summed E-state index contributed by atoms with van der Waals surface area (Å²) in [5.74, 6) is -1.03. The summed E-state index contributed by atoms with van der Waals surface area (Å²) in [4.78, 5) is 17.2. The minimum atomic E-state index is -4.04. The molecule has 0 aliphatic carbocycles. The Bertz CT molecular complexity index is 1250. The summed E-state index contributed by atoms with van der Waals surface area (Å²) in [6.45, 7) is 5.92. The first-order chi connectivity index (χ1) is 16.9. The Morgan fingerprint density at radius 2 is 1.54 bits per heavy atom. The molecule has 7 nitrogen and oxygen atoms in total. The maximum atomic E-state index is 13.9. The van der Waals surface area contributed by atoms with E-state index in [4.69, 9.17) is 0 Å². The Hall–Kier alpha value is -3.27. The average molecular weight is 497 g/mol. The van der Waals surface area contributed by atoms with Crippen molar-refractivity contribution in [1.29, 1.82) is 0 Å². The van der Waals surface area contributed by atoms with Crippen LogP contribution in [-0.4, -0.2) is 63.4 Å². The van der Waals surface area contributed by atoms with Gasteiger partial charge >= 0.3 is 0 Å². The van der Waals surface area contributed by atoms with Crippen LogP contribution >= 0.6 is 0 Å². The highest BCUT2D eigenvalue weighted by Crippen LogP contribution is 2.19. The van der Waals surface area contributed by atoms with Crippen molar-refractivity contribution in [1.82, 2.24) is 15.1 Å². The van der Waals surface area contributed by atoms with E-state index in [1.165, 1.54) is 48.0 Å². The van der Waals surface area contributed by atoms with Crippen LogP contribution in [0.2, 0.25) is 0 Å². The van der Waals surface area contributed by atoms with Crippen molar-refractivity contribution >= 4 is 21.6 Å². The molecule has 1 saturated heterocycles. The van der Waals surface area contributed by atoms with Gasteiger partial charge in [0.2, 0.25) is 0 Å². The number of anilines is 1. The Morgan fingerprint density at radius 1 is 0.857 bits per heavy atom. The number of carbonyl (C=O) groups is 1. The molecule has 0 radical (unpaired) electrons. The monoisotopic (exact) mass is 496 g/mol. The first-order valence-corrected chi connectivity index (χ1v) is 13.0. The number of piperazine rings is 1. The van der Waals surface area contributed by atoms with Crippen molar-refractivity contribution in [2.24, 2.45) is 0 Å². The molecule has 1 heterocycles. The van der Waals surface area contributed by atoms with E-state index in [9.17, 15) is 17.6 Å². The molecule has 0 unspecified atom stereocenters. The van der Waals surface area contributed by atoms with Crippen LogP contribution in [0.15, 0.2) is 83.8 Å². The summed E-state index contributed by atoms with van der Waals surface area (Å²) in [6.07, 6.45) is 0. The van der Waals surface area contributed by atoms with Gasteiger partial charge < -0.3 is 5.32 Å². The zero-order valence-electron chi connectivity index (χ0n) is 19.4. The summed E-state index contributed by atoms with van der Waals surface area (Å²) in [7, 11) is -4.04. The number of para-hydroxylation sites is 1. The molecule has 184 valence electrons. The fraction of sp³-hybridized carbons (Fsp3) is 0.269. The average Bonchev–Trinajstić information content (AvgIpc) is 2.87. The van der Waals surface area contributed by atoms with Crippen LogP contribution in [0.25, 0.3) is 0 Å². The van der Waals surface area contributed by atoms with Crippen molar-refractivity contribution in [3.63, 3.8) is 0 Å². The summed E-state index contributed by atoms with van der Waals surface area (Å²) in [5.41, 5.74) is 1.39. The van der Waals surface area contributed by atoms with Crippen molar-refractivity contribution in [2.75, 3.05) is 44.0 Å². The minimum absolute atomic E-state index is 0.108. The molecular weight excluding hydrogens is 467 g/mol.